The van der Waals surface area contributed by atoms with E-state index in [1.165, 1.54) is 37.5 Å². The maximum atomic E-state index is 12.8. The van der Waals surface area contributed by atoms with Crippen molar-refractivity contribution < 1.29 is 27.9 Å². The van der Waals surface area contributed by atoms with Crippen molar-refractivity contribution in [2.75, 3.05) is 20.3 Å². The van der Waals surface area contributed by atoms with E-state index >= 15 is 0 Å². The first-order valence-electron chi connectivity index (χ1n) is 6.44. The Bertz CT molecular complexity index is 654. The fraction of sp³-hybridized carbons (Fsp3) is 0.200. The summed E-state index contributed by atoms with van der Waals surface area (Å²) in [6.45, 7) is 6.48. The molecule has 0 bridgehead atoms. The maximum Gasteiger partial charge on any atom is 0.402 e. The number of carbonyl (C=O) groups excluding carboxylic acids is 2. The van der Waals surface area contributed by atoms with Gasteiger partial charge < -0.3 is 4.74 Å². The Morgan fingerprint density at radius 3 is 2.22 bits per heavy atom. The summed E-state index contributed by atoms with van der Waals surface area (Å²) in [6.07, 6.45) is 2.63. The van der Waals surface area contributed by atoms with Crippen LogP contribution in [0.5, 0.6) is 5.75 Å². The molecule has 23 heavy (non-hydrogen) atoms. The summed E-state index contributed by atoms with van der Waals surface area (Å²) in [7, 11) is -2.94. The maximum absolute atomic E-state index is 12.8. The fourth-order valence-electron chi connectivity index (χ4n) is 1.68. The van der Waals surface area contributed by atoms with Crippen LogP contribution in [0.4, 0.5) is 0 Å². The third-order valence-corrected chi connectivity index (χ3v) is 4.55. The first-order valence-corrected chi connectivity index (χ1v) is 8.36. The SMILES string of the molecule is C=CCOP(=O)(OCC=C)C(=O)c1c(OC)cccc1C(=O)Cl. The molecule has 0 heterocycles. The molecule has 0 unspecified atom stereocenters. The van der Waals surface area contributed by atoms with Gasteiger partial charge >= 0.3 is 7.60 Å². The lowest BCUT2D eigenvalue weighted by molar-refractivity contribution is 0.0995. The molecule has 0 aliphatic heterocycles. The van der Waals surface area contributed by atoms with E-state index in [0.717, 1.165) is 0 Å². The molecule has 0 aliphatic rings. The van der Waals surface area contributed by atoms with Crippen molar-refractivity contribution in [1.82, 2.24) is 0 Å². The van der Waals surface area contributed by atoms with Gasteiger partial charge in [0.1, 0.15) is 5.75 Å². The van der Waals surface area contributed by atoms with Gasteiger partial charge in [0.05, 0.1) is 25.9 Å². The van der Waals surface area contributed by atoms with E-state index in [0.29, 0.717) is 0 Å². The van der Waals surface area contributed by atoms with Crippen LogP contribution in [0.25, 0.3) is 0 Å². The highest BCUT2D eigenvalue weighted by molar-refractivity contribution is 7.72. The number of ether oxygens (including phenoxy) is 1. The predicted octanol–water partition coefficient (Wildman–Crippen LogP) is 3.81. The molecule has 1 aromatic rings. The zero-order valence-electron chi connectivity index (χ0n) is 12.5. The van der Waals surface area contributed by atoms with E-state index < -0.39 is 18.4 Å². The van der Waals surface area contributed by atoms with E-state index in [2.05, 4.69) is 13.2 Å². The highest BCUT2D eigenvalue weighted by atomic mass is 35.5. The molecule has 0 fully saturated rings. The average molecular weight is 359 g/mol. The second-order valence-electron chi connectivity index (χ2n) is 4.13. The van der Waals surface area contributed by atoms with Crippen molar-refractivity contribution in [2.24, 2.45) is 0 Å². The number of hydrogen-bond acceptors (Lipinski definition) is 6. The number of rotatable bonds is 10. The first-order chi connectivity index (χ1) is 10.9. The predicted molar refractivity (Wildman–Crippen MR) is 87.4 cm³/mol. The van der Waals surface area contributed by atoms with Crippen LogP contribution in [0.1, 0.15) is 20.7 Å². The largest absolute Gasteiger partial charge is 0.496 e. The zero-order chi connectivity index (χ0) is 17.5. The molecule has 1 rings (SSSR count). The van der Waals surface area contributed by atoms with Gasteiger partial charge in [-0.2, -0.15) is 0 Å². The standard InChI is InChI=1S/C15H16ClO6P/c1-4-9-21-23(19,22-10-5-2)15(18)13-11(14(16)17)7-6-8-12(13)20-3/h4-8H,1-2,9-10H2,3H3. The van der Waals surface area contributed by atoms with Gasteiger partial charge in [0, 0.05) is 5.56 Å². The molecule has 0 spiro atoms. The summed E-state index contributed by atoms with van der Waals surface area (Å²) in [6, 6.07) is 4.23. The highest BCUT2D eigenvalue weighted by Gasteiger charge is 2.39. The summed E-state index contributed by atoms with van der Waals surface area (Å²) >= 11 is 5.49. The molecule has 6 nitrogen and oxygen atoms in total. The van der Waals surface area contributed by atoms with Crippen LogP contribution >= 0.6 is 19.2 Å². The molecule has 1 aromatic carbocycles. The summed E-state index contributed by atoms with van der Waals surface area (Å²) in [5.41, 5.74) is -1.44. The van der Waals surface area contributed by atoms with Crippen molar-refractivity contribution in [3.05, 3.63) is 54.6 Å². The molecule has 0 radical (unpaired) electrons. The molecule has 8 heteroatoms. The number of methoxy groups -OCH3 is 1. The molecular formula is C15H16ClO6P. The van der Waals surface area contributed by atoms with Crippen molar-refractivity contribution in [2.45, 2.75) is 0 Å². The fourth-order valence-corrected chi connectivity index (χ4v) is 3.25. The monoisotopic (exact) mass is 358 g/mol. The summed E-state index contributed by atoms with van der Waals surface area (Å²) in [5.74, 6) is 0.0335. The number of halogens is 1. The lowest BCUT2D eigenvalue weighted by Crippen LogP contribution is -2.13. The second kappa shape index (κ2) is 8.79. The highest BCUT2D eigenvalue weighted by Crippen LogP contribution is 2.53. The molecule has 0 amide bonds. The van der Waals surface area contributed by atoms with Crippen LogP contribution in [-0.4, -0.2) is 31.1 Å². The van der Waals surface area contributed by atoms with Crippen molar-refractivity contribution in [3.63, 3.8) is 0 Å². The molecule has 0 aromatic heterocycles. The smallest absolute Gasteiger partial charge is 0.402 e. The van der Waals surface area contributed by atoms with Crippen LogP contribution < -0.4 is 4.74 Å². The van der Waals surface area contributed by atoms with E-state index in [1.807, 2.05) is 0 Å². The van der Waals surface area contributed by atoms with Gasteiger partial charge in [-0.1, -0.05) is 18.2 Å². The van der Waals surface area contributed by atoms with Gasteiger partial charge in [0.2, 0.25) is 0 Å². The van der Waals surface area contributed by atoms with Crippen molar-refractivity contribution in [3.8, 4) is 5.75 Å². The number of hydrogen-bond donors (Lipinski definition) is 0. The third-order valence-electron chi connectivity index (χ3n) is 2.65. The minimum absolute atomic E-state index is 0.0335. The van der Waals surface area contributed by atoms with E-state index in [9.17, 15) is 14.2 Å². The average Bonchev–Trinajstić information content (AvgIpc) is 2.56. The van der Waals surface area contributed by atoms with Gasteiger partial charge in [-0.3, -0.25) is 23.2 Å². The van der Waals surface area contributed by atoms with Gasteiger partial charge in [-0.15, -0.1) is 13.2 Å². The topological polar surface area (TPSA) is 78.9 Å². The van der Waals surface area contributed by atoms with Crippen LogP contribution in [0.2, 0.25) is 0 Å². The Morgan fingerprint density at radius 2 is 1.78 bits per heavy atom. The van der Waals surface area contributed by atoms with Gasteiger partial charge in [-0.25, -0.2) is 0 Å². The molecule has 124 valence electrons. The van der Waals surface area contributed by atoms with Crippen LogP contribution in [0, 0.1) is 0 Å². The van der Waals surface area contributed by atoms with Gasteiger partial charge in [-0.05, 0) is 23.7 Å². The quantitative estimate of drug-likeness (QED) is 0.359. The first kappa shape index (κ1) is 19.3. The molecule has 0 N–H and O–H groups in total. The van der Waals surface area contributed by atoms with Gasteiger partial charge in [0.25, 0.3) is 10.8 Å². The zero-order valence-corrected chi connectivity index (χ0v) is 14.1. The Morgan fingerprint density at radius 1 is 1.22 bits per heavy atom. The van der Waals surface area contributed by atoms with E-state index in [4.69, 9.17) is 25.4 Å². The normalized spacial score (nSPS) is 10.9. The number of benzene rings is 1. The van der Waals surface area contributed by atoms with Crippen molar-refractivity contribution >= 4 is 30.0 Å². The van der Waals surface area contributed by atoms with Crippen molar-refractivity contribution in [1.29, 1.82) is 0 Å². The second-order valence-corrected chi connectivity index (χ2v) is 6.39. The van der Waals surface area contributed by atoms with Crippen LogP contribution in [0.3, 0.4) is 0 Å². The Labute approximate surface area is 139 Å². The lowest BCUT2D eigenvalue weighted by Gasteiger charge is -2.18. The molecule has 0 aliphatic carbocycles. The summed E-state index contributed by atoms with van der Waals surface area (Å²) in [4.78, 5) is 24.3. The van der Waals surface area contributed by atoms with E-state index in [1.54, 1.807) is 0 Å². The summed E-state index contributed by atoms with van der Waals surface area (Å²) in [5, 5.41) is -0.897. The lowest BCUT2D eigenvalue weighted by atomic mass is 10.1. The van der Waals surface area contributed by atoms with Crippen LogP contribution in [-0.2, 0) is 13.6 Å². The third kappa shape index (κ3) is 4.62. The Hall–Kier alpha value is -1.72. The van der Waals surface area contributed by atoms with E-state index in [-0.39, 0.29) is 30.1 Å². The Balaban J connectivity index is 3.43. The minimum atomic E-state index is -4.24. The molecule has 0 saturated heterocycles. The molecule has 0 saturated carbocycles. The van der Waals surface area contributed by atoms with Crippen LogP contribution in [0.15, 0.2) is 43.5 Å². The molecular weight excluding hydrogens is 343 g/mol. The van der Waals surface area contributed by atoms with Gasteiger partial charge in [0.15, 0.2) is 0 Å². The summed E-state index contributed by atoms with van der Waals surface area (Å²) < 4.78 is 27.9. The number of carbonyl (C=O) groups is 2. The minimum Gasteiger partial charge on any atom is -0.496 e. The molecule has 0 atom stereocenters. The Kier molecular flexibility index (Phi) is 7.39.